The Kier molecular flexibility index (Phi) is 3.38. The van der Waals surface area contributed by atoms with E-state index in [1.54, 1.807) is 17.5 Å². The minimum Gasteiger partial charge on any atom is -0.329 e. The fraction of sp³-hybridized carbons (Fsp3) is 0.250. The molecule has 1 N–H and O–H groups in total. The van der Waals surface area contributed by atoms with E-state index < -0.39 is 0 Å². The molecule has 0 fully saturated rings. The Morgan fingerprint density at radius 1 is 1.53 bits per heavy atom. The van der Waals surface area contributed by atoms with Crippen LogP contribution in [0.25, 0.3) is 11.2 Å². The van der Waals surface area contributed by atoms with Crippen molar-refractivity contribution in [2.24, 2.45) is 0 Å². The maximum Gasteiger partial charge on any atom is 0.179 e. The third-order valence-electron chi connectivity index (χ3n) is 2.91. The van der Waals surface area contributed by atoms with Crippen LogP contribution in [-0.4, -0.2) is 19.5 Å². The lowest BCUT2D eigenvalue weighted by Gasteiger charge is -2.09. The van der Waals surface area contributed by atoms with Gasteiger partial charge in [-0.05, 0) is 18.3 Å². The van der Waals surface area contributed by atoms with Gasteiger partial charge in [0.2, 0.25) is 0 Å². The highest BCUT2D eigenvalue weighted by Gasteiger charge is 2.13. The summed E-state index contributed by atoms with van der Waals surface area (Å²) in [6.45, 7) is 2.89. The number of thiazole rings is 1. The lowest BCUT2D eigenvalue weighted by atomic mass is 10.2. The normalized spacial score (nSPS) is 12.9. The van der Waals surface area contributed by atoms with E-state index >= 15 is 0 Å². The van der Waals surface area contributed by atoms with Gasteiger partial charge in [0.25, 0.3) is 0 Å². The van der Waals surface area contributed by atoms with E-state index in [1.807, 2.05) is 22.2 Å². The first kappa shape index (κ1) is 12.8. The van der Waals surface area contributed by atoms with Crippen LogP contribution in [0.4, 0.5) is 0 Å². The molecule has 0 aliphatic carbocycles. The maximum atomic E-state index is 5.93. The molecule has 1 atom stereocenters. The average Bonchev–Trinajstić information content (AvgIpc) is 2.98. The van der Waals surface area contributed by atoms with E-state index in [0.717, 1.165) is 22.7 Å². The first-order chi connectivity index (χ1) is 9.15. The lowest BCUT2D eigenvalue weighted by Crippen LogP contribution is -2.06. The minimum atomic E-state index is 0.295. The van der Waals surface area contributed by atoms with Gasteiger partial charge in [0.1, 0.15) is 0 Å². The quantitative estimate of drug-likeness (QED) is 0.744. The molecule has 0 bridgehead atoms. The van der Waals surface area contributed by atoms with Crippen molar-refractivity contribution in [3.63, 3.8) is 0 Å². The number of hydrogen-bond acceptors (Lipinski definition) is 4. The fourth-order valence-electron chi connectivity index (χ4n) is 2.02. The molecular formula is C12H11ClN4S2. The zero-order valence-electron chi connectivity index (χ0n) is 10.1. The van der Waals surface area contributed by atoms with Gasteiger partial charge in [-0.2, -0.15) is 0 Å². The third-order valence-corrected chi connectivity index (χ3v) is 4.44. The topological polar surface area (TPSA) is 46.5 Å². The highest BCUT2D eigenvalue weighted by atomic mass is 35.5. The fourth-order valence-corrected chi connectivity index (χ4v) is 3.14. The number of hydrogen-bond donors (Lipinski definition) is 1. The van der Waals surface area contributed by atoms with Gasteiger partial charge in [-0.1, -0.05) is 18.5 Å². The summed E-state index contributed by atoms with van der Waals surface area (Å²) in [5.41, 5.74) is 1.70. The van der Waals surface area contributed by atoms with Crippen LogP contribution in [0, 0.1) is 4.77 Å². The summed E-state index contributed by atoms with van der Waals surface area (Å²) in [6.07, 6.45) is 3.46. The van der Waals surface area contributed by atoms with Crippen molar-refractivity contribution in [3.05, 3.63) is 38.6 Å². The summed E-state index contributed by atoms with van der Waals surface area (Å²) >= 11 is 12.9. The molecule has 0 spiro atoms. The molecule has 98 valence electrons. The van der Waals surface area contributed by atoms with Crippen molar-refractivity contribution in [2.75, 3.05) is 0 Å². The van der Waals surface area contributed by atoms with Gasteiger partial charge in [0.15, 0.2) is 10.4 Å². The molecule has 0 amide bonds. The van der Waals surface area contributed by atoms with Crippen LogP contribution in [0.15, 0.2) is 23.8 Å². The first-order valence-corrected chi connectivity index (χ1v) is 7.45. The predicted octanol–water partition coefficient (Wildman–Crippen LogP) is 4.01. The van der Waals surface area contributed by atoms with Gasteiger partial charge in [-0.25, -0.2) is 9.97 Å². The third kappa shape index (κ3) is 2.43. The van der Waals surface area contributed by atoms with Gasteiger partial charge in [-0.15, -0.1) is 11.3 Å². The molecule has 7 heteroatoms. The van der Waals surface area contributed by atoms with Crippen molar-refractivity contribution in [1.82, 2.24) is 19.5 Å². The second-order valence-corrected chi connectivity index (χ2v) is 6.09. The van der Waals surface area contributed by atoms with Crippen molar-refractivity contribution < 1.29 is 0 Å². The molecule has 3 heterocycles. The first-order valence-electron chi connectivity index (χ1n) is 5.78. The van der Waals surface area contributed by atoms with Gasteiger partial charge < -0.3 is 9.55 Å². The molecule has 0 aliphatic rings. The van der Waals surface area contributed by atoms with E-state index in [4.69, 9.17) is 23.8 Å². The Morgan fingerprint density at radius 3 is 3.11 bits per heavy atom. The lowest BCUT2D eigenvalue weighted by molar-refractivity contribution is 0.598. The number of pyridine rings is 1. The Balaban J connectivity index is 2.01. The predicted molar refractivity (Wildman–Crippen MR) is 80.5 cm³/mol. The molecular weight excluding hydrogens is 300 g/mol. The number of aromatic amines is 1. The standard InChI is InChI=1S/C12H11ClN4S2/c1-7(11-14-2-3-19-11)6-17-10-9(16-12(17)18)4-8(13)5-15-10/h2-5,7H,6H2,1H3,(H,16,18). The molecule has 0 saturated heterocycles. The number of fused-ring (bicyclic) bond motifs is 1. The van der Waals surface area contributed by atoms with Crippen molar-refractivity contribution >= 4 is 46.3 Å². The molecule has 3 aromatic rings. The molecule has 0 aliphatic heterocycles. The summed E-state index contributed by atoms with van der Waals surface area (Å²) < 4.78 is 2.65. The van der Waals surface area contributed by atoms with Crippen molar-refractivity contribution in [1.29, 1.82) is 0 Å². The van der Waals surface area contributed by atoms with E-state index in [0.29, 0.717) is 15.7 Å². The molecule has 3 rings (SSSR count). The van der Waals surface area contributed by atoms with Gasteiger partial charge in [0, 0.05) is 30.2 Å². The van der Waals surface area contributed by atoms with E-state index in [2.05, 4.69) is 21.9 Å². The monoisotopic (exact) mass is 310 g/mol. The van der Waals surface area contributed by atoms with Crippen LogP contribution in [0.1, 0.15) is 17.8 Å². The Hall–Kier alpha value is -1.24. The van der Waals surface area contributed by atoms with Gasteiger partial charge in [-0.3, -0.25) is 0 Å². The SMILES string of the molecule is CC(Cn1c(=S)[nH]c2cc(Cl)cnc21)c1nccs1. The zero-order chi connectivity index (χ0) is 13.4. The van der Waals surface area contributed by atoms with Crippen LogP contribution in [0.3, 0.4) is 0 Å². The molecule has 3 aromatic heterocycles. The van der Waals surface area contributed by atoms with E-state index in [9.17, 15) is 0 Å². The number of halogens is 1. The van der Waals surface area contributed by atoms with Crippen molar-refractivity contribution in [2.45, 2.75) is 19.4 Å². The highest BCUT2D eigenvalue weighted by Crippen LogP contribution is 2.23. The smallest absolute Gasteiger partial charge is 0.179 e. The second-order valence-electron chi connectivity index (χ2n) is 4.34. The largest absolute Gasteiger partial charge is 0.329 e. The average molecular weight is 311 g/mol. The van der Waals surface area contributed by atoms with E-state index in [1.165, 1.54) is 0 Å². The molecule has 4 nitrogen and oxygen atoms in total. The van der Waals surface area contributed by atoms with Crippen molar-refractivity contribution in [3.8, 4) is 0 Å². The zero-order valence-corrected chi connectivity index (χ0v) is 12.5. The molecule has 0 aromatic carbocycles. The van der Waals surface area contributed by atoms with E-state index in [-0.39, 0.29) is 0 Å². The second kappa shape index (κ2) is 5.03. The maximum absolute atomic E-state index is 5.93. The number of H-pyrrole nitrogens is 1. The Bertz CT molecular complexity index is 760. The Labute approximate surface area is 124 Å². The van der Waals surface area contributed by atoms with Gasteiger partial charge in [0.05, 0.1) is 15.5 Å². The molecule has 19 heavy (non-hydrogen) atoms. The van der Waals surface area contributed by atoms with Gasteiger partial charge >= 0.3 is 0 Å². The van der Waals surface area contributed by atoms with Crippen LogP contribution < -0.4 is 0 Å². The van der Waals surface area contributed by atoms with Crippen LogP contribution in [-0.2, 0) is 6.54 Å². The summed E-state index contributed by atoms with van der Waals surface area (Å²) in [5.74, 6) is 0.295. The number of imidazole rings is 1. The molecule has 0 saturated carbocycles. The molecule has 1 unspecified atom stereocenters. The van der Waals surface area contributed by atoms with Crippen LogP contribution in [0.2, 0.25) is 5.02 Å². The van der Waals surface area contributed by atoms with Crippen LogP contribution in [0.5, 0.6) is 0 Å². The molecule has 0 radical (unpaired) electrons. The summed E-state index contributed by atoms with van der Waals surface area (Å²) in [4.78, 5) is 11.8. The summed E-state index contributed by atoms with van der Waals surface area (Å²) in [7, 11) is 0. The van der Waals surface area contributed by atoms with Crippen LogP contribution >= 0.6 is 35.2 Å². The summed E-state index contributed by atoms with van der Waals surface area (Å²) in [5, 5.41) is 3.69. The Morgan fingerprint density at radius 2 is 2.37 bits per heavy atom. The number of nitrogens with one attached hydrogen (secondary N) is 1. The minimum absolute atomic E-state index is 0.295. The summed E-state index contributed by atoms with van der Waals surface area (Å²) in [6, 6.07) is 1.84. The number of aromatic nitrogens is 4. The number of rotatable bonds is 3. The highest BCUT2D eigenvalue weighted by molar-refractivity contribution is 7.71. The number of nitrogens with zero attached hydrogens (tertiary/aromatic N) is 3.